The van der Waals surface area contributed by atoms with Gasteiger partial charge >= 0.3 is 0 Å². The Morgan fingerprint density at radius 1 is 1.23 bits per heavy atom. The summed E-state index contributed by atoms with van der Waals surface area (Å²) in [4.78, 5) is 0. The van der Waals surface area contributed by atoms with Gasteiger partial charge in [0.25, 0.3) is 0 Å². The van der Waals surface area contributed by atoms with Crippen molar-refractivity contribution in [2.24, 2.45) is 5.73 Å². The molecule has 0 aromatic heterocycles. The maximum atomic E-state index is 12.5. The lowest BCUT2D eigenvalue weighted by Gasteiger charge is -2.02. The second kappa shape index (κ2) is 5.67. The smallest absolute Gasteiger partial charge is 0.123 e. The summed E-state index contributed by atoms with van der Waals surface area (Å²) in [5, 5.41) is 0. The Labute approximate surface area is 77.5 Å². The van der Waals surface area contributed by atoms with Crippen molar-refractivity contribution in [3.8, 4) is 0 Å². The Hall–Kier alpha value is -0.930. The highest BCUT2D eigenvalue weighted by molar-refractivity contribution is 5.14. The Bertz CT molecular complexity index is 235. The van der Waals surface area contributed by atoms with Crippen molar-refractivity contribution in [3.05, 3.63) is 35.6 Å². The number of benzene rings is 1. The van der Waals surface area contributed by atoms with Crippen molar-refractivity contribution in [1.82, 2.24) is 0 Å². The maximum absolute atomic E-state index is 12.5. The average molecular weight is 183 g/mol. The van der Waals surface area contributed by atoms with Crippen LogP contribution >= 0.6 is 0 Å². The number of nitrogens with two attached hydrogens (primary N) is 1. The van der Waals surface area contributed by atoms with Gasteiger partial charge in [-0.15, -0.1) is 0 Å². The number of rotatable bonds is 5. The molecule has 0 aliphatic heterocycles. The highest BCUT2D eigenvalue weighted by Gasteiger charge is 1.93. The Morgan fingerprint density at radius 3 is 2.54 bits per heavy atom. The summed E-state index contributed by atoms with van der Waals surface area (Å²) >= 11 is 0. The lowest BCUT2D eigenvalue weighted by atomic mass is 10.2. The van der Waals surface area contributed by atoms with Crippen molar-refractivity contribution in [2.45, 2.75) is 13.0 Å². The molecule has 0 atom stereocenters. The fraction of sp³-hybridized carbons (Fsp3) is 0.400. The molecule has 0 amide bonds. The molecule has 0 saturated carbocycles. The van der Waals surface area contributed by atoms with E-state index in [0.717, 1.165) is 12.0 Å². The van der Waals surface area contributed by atoms with Crippen molar-refractivity contribution >= 4 is 0 Å². The van der Waals surface area contributed by atoms with Crippen LogP contribution in [0.15, 0.2) is 24.3 Å². The molecule has 1 rings (SSSR count). The molecule has 0 unspecified atom stereocenters. The molecule has 0 heterocycles. The normalized spacial score (nSPS) is 10.3. The molecule has 0 spiro atoms. The van der Waals surface area contributed by atoms with Crippen LogP contribution < -0.4 is 5.73 Å². The highest BCUT2D eigenvalue weighted by Crippen LogP contribution is 2.03. The highest BCUT2D eigenvalue weighted by atomic mass is 19.1. The first-order chi connectivity index (χ1) is 6.33. The Kier molecular flexibility index (Phi) is 4.43. The van der Waals surface area contributed by atoms with Crippen LogP contribution in [0, 0.1) is 5.82 Å². The molecule has 1 aromatic carbocycles. The number of halogens is 1. The van der Waals surface area contributed by atoms with E-state index in [1.165, 1.54) is 12.1 Å². The molecule has 2 nitrogen and oxygen atoms in total. The molecule has 13 heavy (non-hydrogen) atoms. The monoisotopic (exact) mass is 183 g/mol. The molecule has 1 aromatic rings. The van der Waals surface area contributed by atoms with Gasteiger partial charge < -0.3 is 10.5 Å². The van der Waals surface area contributed by atoms with Gasteiger partial charge in [-0.3, -0.25) is 0 Å². The summed E-state index contributed by atoms with van der Waals surface area (Å²) in [6.07, 6.45) is 0.862. The van der Waals surface area contributed by atoms with E-state index in [1.54, 1.807) is 12.1 Å². The third kappa shape index (κ3) is 4.01. The quantitative estimate of drug-likeness (QED) is 0.705. The zero-order valence-electron chi connectivity index (χ0n) is 7.50. The molecular weight excluding hydrogens is 169 g/mol. The van der Waals surface area contributed by atoms with E-state index in [-0.39, 0.29) is 5.82 Å². The van der Waals surface area contributed by atoms with Crippen LogP contribution in [0.5, 0.6) is 0 Å². The second-order valence-electron chi connectivity index (χ2n) is 2.82. The molecule has 0 bridgehead atoms. The van der Waals surface area contributed by atoms with E-state index in [9.17, 15) is 4.39 Å². The van der Waals surface area contributed by atoms with Crippen LogP contribution in [0.25, 0.3) is 0 Å². The molecule has 0 saturated heterocycles. The molecule has 0 aliphatic carbocycles. The first kappa shape index (κ1) is 10.2. The summed E-state index contributed by atoms with van der Waals surface area (Å²) in [7, 11) is 0. The van der Waals surface area contributed by atoms with Crippen LogP contribution in [0.4, 0.5) is 4.39 Å². The fourth-order valence-electron chi connectivity index (χ4n) is 0.956. The first-order valence-electron chi connectivity index (χ1n) is 4.35. The Balaban J connectivity index is 2.25. The number of hydrogen-bond acceptors (Lipinski definition) is 2. The summed E-state index contributed by atoms with van der Waals surface area (Å²) in [5.41, 5.74) is 6.28. The van der Waals surface area contributed by atoms with Gasteiger partial charge in [0.15, 0.2) is 0 Å². The van der Waals surface area contributed by atoms with E-state index in [4.69, 9.17) is 10.5 Å². The van der Waals surface area contributed by atoms with Crippen LogP contribution in [0.3, 0.4) is 0 Å². The summed E-state index contributed by atoms with van der Waals surface area (Å²) in [5.74, 6) is -0.217. The Morgan fingerprint density at radius 2 is 1.92 bits per heavy atom. The van der Waals surface area contributed by atoms with Crippen molar-refractivity contribution in [2.75, 3.05) is 13.2 Å². The van der Waals surface area contributed by atoms with E-state index in [2.05, 4.69) is 0 Å². The van der Waals surface area contributed by atoms with E-state index in [0.29, 0.717) is 19.8 Å². The zero-order chi connectivity index (χ0) is 9.52. The maximum Gasteiger partial charge on any atom is 0.123 e. The third-order valence-corrected chi connectivity index (χ3v) is 1.67. The van der Waals surface area contributed by atoms with E-state index >= 15 is 0 Å². The lowest BCUT2D eigenvalue weighted by molar-refractivity contribution is 0.120. The molecule has 0 radical (unpaired) electrons. The molecule has 72 valence electrons. The van der Waals surface area contributed by atoms with Crippen LogP contribution in [-0.4, -0.2) is 13.2 Å². The predicted molar refractivity (Wildman–Crippen MR) is 49.7 cm³/mol. The van der Waals surface area contributed by atoms with Gasteiger partial charge in [-0.2, -0.15) is 0 Å². The minimum absolute atomic E-state index is 0.217. The van der Waals surface area contributed by atoms with Gasteiger partial charge in [-0.1, -0.05) is 12.1 Å². The van der Waals surface area contributed by atoms with Crippen molar-refractivity contribution < 1.29 is 9.13 Å². The standard InChI is InChI=1S/C10H14FNO/c11-10-4-2-9(3-5-10)8-13-7-1-6-12/h2-5H,1,6-8,12H2. The van der Waals surface area contributed by atoms with Gasteiger partial charge in [0, 0.05) is 6.61 Å². The summed E-state index contributed by atoms with van der Waals surface area (Å²) < 4.78 is 17.8. The lowest BCUT2D eigenvalue weighted by Crippen LogP contribution is -2.04. The van der Waals surface area contributed by atoms with Crippen molar-refractivity contribution in [3.63, 3.8) is 0 Å². The minimum Gasteiger partial charge on any atom is -0.377 e. The SMILES string of the molecule is NCCCOCc1ccc(F)cc1. The zero-order valence-corrected chi connectivity index (χ0v) is 7.50. The fourth-order valence-corrected chi connectivity index (χ4v) is 0.956. The van der Waals surface area contributed by atoms with Gasteiger partial charge in [-0.25, -0.2) is 4.39 Å². The van der Waals surface area contributed by atoms with Gasteiger partial charge in [0.05, 0.1) is 6.61 Å². The number of ether oxygens (including phenoxy) is 1. The van der Waals surface area contributed by atoms with Crippen LogP contribution in [0.2, 0.25) is 0 Å². The molecular formula is C10H14FNO. The van der Waals surface area contributed by atoms with Crippen molar-refractivity contribution in [1.29, 1.82) is 0 Å². The average Bonchev–Trinajstić information content (AvgIpc) is 2.15. The second-order valence-corrected chi connectivity index (χ2v) is 2.82. The number of hydrogen-bond donors (Lipinski definition) is 1. The van der Waals surface area contributed by atoms with Crippen LogP contribution in [0.1, 0.15) is 12.0 Å². The topological polar surface area (TPSA) is 35.2 Å². The first-order valence-corrected chi connectivity index (χ1v) is 4.35. The van der Waals surface area contributed by atoms with E-state index in [1.807, 2.05) is 0 Å². The molecule has 0 fully saturated rings. The van der Waals surface area contributed by atoms with Gasteiger partial charge in [0.1, 0.15) is 5.82 Å². The van der Waals surface area contributed by atoms with Gasteiger partial charge in [0.2, 0.25) is 0 Å². The van der Waals surface area contributed by atoms with E-state index < -0.39 is 0 Å². The largest absolute Gasteiger partial charge is 0.377 e. The third-order valence-electron chi connectivity index (χ3n) is 1.67. The molecule has 2 N–H and O–H groups in total. The van der Waals surface area contributed by atoms with Crippen LogP contribution in [-0.2, 0) is 11.3 Å². The predicted octanol–water partition coefficient (Wildman–Crippen LogP) is 1.69. The summed E-state index contributed by atoms with van der Waals surface area (Å²) in [6.45, 7) is 1.83. The molecule has 0 aliphatic rings. The van der Waals surface area contributed by atoms with Gasteiger partial charge in [-0.05, 0) is 30.7 Å². The minimum atomic E-state index is -0.217. The molecule has 3 heteroatoms. The summed E-state index contributed by atoms with van der Waals surface area (Å²) in [6, 6.07) is 6.30.